The van der Waals surface area contributed by atoms with Crippen LogP contribution in [0.15, 0.2) is 60.2 Å². The smallest absolute Gasteiger partial charge is 0.252 e. The molecule has 232 valence electrons. The van der Waals surface area contributed by atoms with Gasteiger partial charge in [0.25, 0.3) is 5.91 Å². The molecule has 0 unspecified atom stereocenters. The number of carbonyl (C=O) groups excluding carboxylic acids is 1. The molecule has 0 spiro atoms. The van der Waals surface area contributed by atoms with E-state index in [9.17, 15) is 4.79 Å². The van der Waals surface area contributed by atoms with Crippen LogP contribution in [-0.2, 0) is 24.4 Å². The maximum atomic E-state index is 14.5. The van der Waals surface area contributed by atoms with E-state index in [0.29, 0.717) is 38.2 Å². The summed E-state index contributed by atoms with van der Waals surface area (Å²) in [5, 5.41) is 9.87. The van der Waals surface area contributed by atoms with Crippen molar-refractivity contribution < 1.29 is 4.79 Å². The third kappa shape index (κ3) is 6.96. The van der Waals surface area contributed by atoms with Gasteiger partial charge in [0.2, 0.25) is 0 Å². The molecule has 3 aromatic rings. The Kier molecular flexibility index (Phi) is 10.2. The number of amides is 1. The molecular formula is C34H35Cl5N4O. The Hall–Kier alpha value is -1.80. The predicted molar refractivity (Wildman–Crippen MR) is 183 cm³/mol. The molecule has 0 aromatic heterocycles. The second-order valence-corrected chi connectivity index (χ2v) is 13.8. The number of benzene rings is 3. The molecule has 2 N–H and O–H groups in total. The quantitative estimate of drug-likeness (QED) is 0.210. The van der Waals surface area contributed by atoms with Crippen LogP contribution in [0.4, 0.5) is 0 Å². The minimum atomic E-state index is -0.0523. The third-order valence-corrected chi connectivity index (χ3v) is 10.9. The van der Waals surface area contributed by atoms with Crippen molar-refractivity contribution >= 4 is 69.5 Å². The van der Waals surface area contributed by atoms with E-state index in [0.717, 1.165) is 73.3 Å². The van der Waals surface area contributed by atoms with Crippen LogP contribution in [0, 0.1) is 0 Å². The minimum absolute atomic E-state index is 0.0523. The van der Waals surface area contributed by atoms with E-state index < -0.39 is 0 Å². The number of halogens is 5. The molecular weight excluding hydrogens is 658 g/mol. The van der Waals surface area contributed by atoms with Crippen molar-refractivity contribution in [1.82, 2.24) is 20.4 Å². The first-order valence-corrected chi connectivity index (χ1v) is 17.0. The van der Waals surface area contributed by atoms with Gasteiger partial charge in [0.15, 0.2) is 0 Å². The predicted octanol–water partition coefficient (Wildman–Crippen LogP) is 8.25. The SMILES string of the molecule is CCN(Cc1ccc(C2=C(C(=O)N(Cc3cccc(Cl)c3Cl)C3CC3)[C@H]3CNC[C@H](C2)N3)cc1)Cc1c(Cl)ccc(Cl)c1Cl. The maximum Gasteiger partial charge on any atom is 0.252 e. The van der Waals surface area contributed by atoms with Crippen molar-refractivity contribution in [3.8, 4) is 0 Å². The van der Waals surface area contributed by atoms with E-state index in [-0.39, 0.29) is 24.0 Å². The van der Waals surface area contributed by atoms with Gasteiger partial charge in [-0.3, -0.25) is 9.69 Å². The van der Waals surface area contributed by atoms with E-state index in [1.807, 2.05) is 17.0 Å². The normalized spacial score (nSPS) is 19.9. The monoisotopic (exact) mass is 690 g/mol. The topological polar surface area (TPSA) is 47.6 Å². The summed E-state index contributed by atoms with van der Waals surface area (Å²) in [7, 11) is 0. The number of hydrogen-bond donors (Lipinski definition) is 2. The number of nitrogens with one attached hydrogen (secondary N) is 2. The average molecular weight is 693 g/mol. The molecule has 5 nitrogen and oxygen atoms in total. The third-order valence-electron chi connectivity index (χ3n) is 8.83. The molecule has 44 heavy (non-hydrogen) atoms. The van der Waals surface area contributed by atoms with Crippen molar-refractivity contribution in [1.29, 1.82) is 0 Å². The van der Waals surface area contributed by atoms with Gasteiger partial charge in [-0.05, 0) is 66.3 Å². The lowest BCUT2D eigenvalue weighted by Crippen LogP contribution is -2.60. The van der Waals surface area contributed by atoms with Gasteiger partial charge < -0.3 is 15.5 Å². The summed E-state index contributed by atoms with van der Waals surface area (Å²) in [4.78, 5) is 18.7. The standard InChI is InChI=1S/C34H35Cl5N4O/c1-2-42(19-26-27(35)12-13-29(37)33(26)39)17-20-6-8-21(9-7-20)25-14-23-15-40-16-30(41-23)31(25)34(44)43(24-10-11-24)18-22-4-3-5-28(36)32(22)38/h3-9,12-13,23-24,30,40-41H,2,10-11,14-19H2,1H3/t23-,30+/m0/s1. The highest BCUT2D eigenvalue weighted by molar-refractivity contribution is 6.44. The van der Waals surface area contributed by atoms with Crippen LogP contribution in [0.2, 0.25) is 25.1 Å². The highest BCUT2D eigenvalue weighted by Gasteiger charge is 2.41. The summed E-state index contributed by atoms with van der Waals surface area (Å²) >= 11 is 32.1. The minimum Gasteiger partial charge on any atom is -0.331 e. The van der Waals surface area contributed by atoms with Crippen LogP contribution in [0.5, 0.6) is 0 Å². The van der Waals surface area contributed by atoms with Crippen LogP contribution in [0.25, 0.3) is 5.57 Å². The van der Waals surface area contributed by atoms with Crippen LogP contribution in [-0.4, -0.2) is 53.5 Å². The lowest BCUT2D eigenvalue weighted by Gasteiger charge is -2.41. The molecule has 1 amide bonds. The summed E-state index contributed by atoms with van der Waals surface area (Å²) < 4.78 is 0. The molecule has 6 rings (SSSR count). The fourth-order valence-electron chi connectivity index (χ4n) is 6.29. The number of fused-ring (bicyclic) bond motifs is 2. The lowest BCUT2D eigenvalue weighted by molar-refractivity contribution is -0.128. The Balaban J connectivity index is 1.27. The Labute approximate surface area is 284 Å². The van der Waals surface area contributed by atoms with Crippen molar-refractivity contribution in [2.24, 2.45) is 0 Å². The molecule has 10 heteroatoms. The van der Waals surface area contributed by atoms with Crippen molar-refractivity contribution in [3.05, 3.63) is 108 Å². The highest BCUT2D eigenvalue weighted by Crippen LogP contribution is 2.38. The average Bonchev–Trinajstić information content (AvgIpc) is 3.87. The fraction of sp³-hybridized carbons (Fsp3) is 0.382. The molecule has 3 aliphatic rings. The molecule has 3 aromatic carbocycles. The first kappa shape index (κ1) is 32.2. The highest BCUT2D eigenvalue weighted by atomic mass is 35.5. The Morgan fingerprint density at radius 2 is 1.57 bits per heavy atom. The van der Waals surface area contributed by atoms with Gasteiger partial charge in [0.1, 0.15) is 0 Å². The number of piperazine rings is 1. The molecule has 2 heterocycles. The number of rotatable bonds is 10. The fourth-order valence-corrected chi connectivity index (χ4v) is 7.33. The summed E-state index contributed by atoms with van der Waals surface area (Å²) in [5.41, 5.74) is 5.95. The van der Waals surface area contributed by atoms with E-state index in [2.05, 4.69) is 46.7 Å². The van der Waals surface area contributed by atoms with Gasteiger partial charge in [-0.15, -0.1) is 0 Å². The zero-order valence-corrected chi connectivity index (χ0v) is 28.3. The van der Waals surface area contributed by atoms with Gasteiger partial charge in [-0.2, -0.15) is 0 Å². The molecule has 0 radical (unpaired) electrons. The van der Waals surface area contributed by atoms with Crippen molar-refractivity contribution in [3.63, 3.8) is 0 Å². The van der Waals surface area contributed by atoms with Gasteiger partial charge in [0, 0.05) is 61.0 Å². The Morgan fingerprint density at radius 1 is 0.841 bits per heavy atom. The second-order valence-electron chi connectivity index (χ2n) is 11.9. The van der Waals surface area contributed by atoms with Crippen LogP contribution in [0.1, 0.15) is 48.4 Å². The summed E-state index contributed by atoms with van der Waals surface area (Å²) in [6.45, 7) is 6.30. The number of nitrogens with zero attached hydrogens (tertiary/aromatic N) is 2. The van der Waals surface area contributed by atoms with Crippen LogP contribution < -0.4 is 10.6 Å². The van der Waals surface area contributed by atoms with Crippen LogP contribution >= 0.6 is 58.0 Å². The number of hydrogen-bond acceptors (Lipinski definition) is 4. The first-order chi connectivity index (χ1) is 21.2. The van der Waals surface area contributed by atoms with E-state index >= 15 is 0 Å². The molecule has 1 saturated heterocycles. The van der Waals surface area contributed by atoms with Gasteiger partial charge in [-0.1, -0.05) is 101 Å². The van der Waals surface area contributed by atoms with E-state index in [4.69, 9.17) is 58.0 Å². The van der Waals surface area contributed by atoms with Crippen molar-refractivity contribution in [2.75, 3.05) is 19.6 Å². The molecule has 1 aliphatic carbocycles. The molecule has 2 fully saturated rings. The second kappa shape index (κ2) is 13.9. The summed E-state index contributed by atoms with van der Waals surface area (Å²) in [5.74, 6) is 0.0784. The van der Waals surface area contributed by atoms with E-state index in [1.54, 1.807) is 18.2 Å². The van der Waals surface area contributed by atoms with Crippen molar-refractivity contribution in [2.45, 2.75) is 63.9 Å². The first-order valence-electron chi connectivity index (χ1n) is 15.1. The summed E-state index contributed by atoms with van der Waals surface area (Å²) in [6.07, 6.45) is 2.78. The van der Waals surface area contributed by atoms with Crippen LogP contribution in [0.3, 0.4) is 0 Å². The van der Waals surface area contributed by atoms with E-state index in [1.165, 1.54) is 5.56 Å². The molecule has 2 aliphatic heterocycles. The Morgan fingerprint density at radius 3 is 2.30 bits per heavy atom. The lowest BCUT2D eigenvalue weighted by atomic mass is 9.83. The molecule has 2 bridgehead atoms. The summed E-state index contributed by atoms with van der Waals surface area (Å²) in [6, 6.07) is 18.2. The molecule has 2 atom stereocenters. The molecule has 1 saturated carbocycles. The van der Waals surface area contributed by atoms with Gasteiger partial charge in [0.05, 0.1) is 26.1 Å². The Bertz CT molecular complexity index is 1570. The zero-order chi connectivity index (χ0) is 31.0. The number of carbonyl (C=O) groups is 1. The van der Waals surface area contributed by atoms with Gasteiger partial charge in [-0.25, -0.2) is 0 Å². The maximum absolute atomic E-state index is 14.5. The largest absolute Gasteiger partial charge is 0.331 e. The zero-order valence-electron chi connectivity index (χ0n) is 24.5. The van der Waals surface area contributed by atoms with Gasteiger partial charge >= 0.3 is 0 Å².